The number of hydrogen-bond donors (Lipinski definition) is 0. The number of benzene rings is 2. The molecule has 0 aromatic heterocycles. The third kappa shape index (κ3) is 4.34. The highest BCUT2D eigenvalue weighted by molar-refractivity contribution is 5.55. The maximum absolute atomic E-state index is 14.0. The molecule has 3 atom stereocenters. The van der Waals surface area contributed by atoms with Crippen LogP contribution >= 0.6 is 0 Å². The fourth-order valence-corrected chi connectivity index (χ4v) is 5.00. The molecule has 0 N–H and O–H groups in total. The summed E-state index contributed by atoms with van der Waals surface area (Å²) < 4.78 is 19.5. The molecule has 1 aliphatic carbocycles. The molecule has 2 aliphatic rings. The Balaban J connectivity index is 1.43. The number of morpholine rings is 1. The Morgan fingerprint density at radius 1 is 1.07 bits per heavy atom. The van der Waals surface area contributed by atoms with Gasteiger partial charge >= 0.3 is 0 Å². The summed E-state index contributed by atoms with van der Waals surface area (Å²) in [7, 11) is 2.10. The number of rotatable bonds is 6. The van der Waals surface area contributed by atoms with E-state index in [-0.39, 0.29) is 5.82 Å². The molecule has 29 heavy (non-hydrogen) atoms. The van der Waals surface area contributed by atoms with Gasteiger partial charge in [0.25, 0.3) is 0 Å². The van der Waals surface area contributed by atoms with Gasteiger partial charge in [0, 0.05) is 30.9 Å². The predicted molar refractivity (Wildman–Crippen MR) is 117 cm³/mol. The maximum Gasteiger partial charge on any atom is 0.127 e. The van der Waals surface area contributed by atoms with Crippen LogP contribution in [0.2, 0.25) is 0 Å². The van der Waals surface area contributed by atoms with E-state index in [1.165, 1.54) is 16.8 Å². The van der Waals surface area contributed by atoms with Crippen LogP contribution in [0.25, 0.3) is 0 Å². The third-order valence-corrected chi connectivity index (χ3v) is 6.98. The number of fused-ring (bicyclic) bond motifs is 1. The molecule has 2 aromatic rings. The second kappa shape index (κ2) is 8.85. The highest BCUT2D eigenvalue weighted by Gasteiger charge is 2.35. The molecule has 1 fully saturated rings. The van der Waals surface area contributed by atoms with Crippen LogP contribution in [-0.4, -0.2) is 44.8 Å². The van der Waals surface area contributed by atoms with E-state index in [4.69, 9.17) is 4.74 Å². The van der Waals surface area contributed by atoms with Gasteiger partial charge in [0.05, 0.1) is 13.2 Å². The van der Waals surface area contributed by atoms with Gasteiger partial charge in [0.2, 0.25) is 0 Å². The van der Waals surface area contributed by atoms with Crippen molar-refractivity contribution in [1.29, 1.82) is 0 Å². The summed E-state index contributed by atoms with van der Waals surface area (Å²) in [5.41, 5.74) is 5.14. The zero-order chi connectivity index (χ0) is 20.4. The van der Waals surface area contributed by atoms with Gasteiger partial charge in [0.15, 0.2) is 0 Å². The molecule has 1 aliphatic heterocycles. The first-order valence-corrected chi connectivity index (χ1v) is 10.9. The molecule has 0 bridgehead atoms. The Bertz CT molecular complexity index is 833. The summed E-state index contributed by atoms with van der Waals surface area (Å²) >= 11 is 0. The second-order valence-electron chi connectivity index (χ2n) is 8.78. The van der Waals surface area contributed by atoms with Crippen molar-refractivity contribution in [3.05, 3.63) is 65.0 Å². The van der Waals surface area contributed by atoms with Crippen molar-refractivity contribution in [1.82, 2.24) is 4.90 Å². The van der Waals surface area contributed by atoms with Crippen molar-refractivity contribution in [2.45, 2.75) is 38.6 Å². The van der Waals surface area contributed by atoms with E-state index >= 15 is 0 Å². The third-order valence-electron chi connectivity index (χ3n) is 6.98. The standard InChI is InChI=1S/C25H33FN2O/c1-18-19(2)24-16-21(28-12-14-29-15-13-28)8-9-23(24)22(18)10-11-27(3)17-20-6-4-5-7-25(20)26/h4-9,16,18-19,22H,10-15,17H2,1-3H3/t18-,19?,22?/m1/s1. The summed E-state index contributed by atoms with van der Waals surface area (Å²) in [5.74, 6) is 1.67. The van der Waals surface area contributed by atoms with Crippen LogP contribution in [0.4, 0.5) is 10.1 Å². The molecule has 0 amide bonds. The molecule has 0 radical (unpaired) electrons. The lowest BCUT2D eigenvalue weighted by molar-refractivity contribution is 0.122. The van der Waals surface area contributed by atoms with Crippen LogP contribution in [0, 0.1) is 11.7 Å². The van der Waals surface area contributed by atoms with E-state index < -0.39 is 0 Å². The molecule has 2 aromatic carbocycles. The first-order valence-electron chi connectivity index (χ1n) is 10.9. The van der Waals surface area contributed by atoms with E-state index in [9.17, 15) is 4.39 Å². The molecule has 1 heterocycles. The zero-order valence-corrected chi connectivity index (χ0v) is 17.9. The molecule has 4 rings (SSSR count). The van der Waals surface area contributed by atoms with Gasteiger partial charge in [0.1, 0.15) is 5.82 Å². The maximum atomic E-state index is 14.0. The van der Waals surface area contributed by atoms with Crippen LogP contribution in [-0.2, 0) is 11.3 Å². The molecule has 1 saturated heterocycles. The second-order valence-corrected chi connectivity index (χ2v) is 8.78. The topological polar surface area (TPSA) is 15.7 Å². The summed E-state index contributed by atoms with van der Waals surface area (Å²) in [6, 6.07) is 14.2. The van der Waals surface area contributed by atoms with E-state index in [1.54, 1.807) is 12.1 Å². The van der Waals surface area contributed by atoms with Crippen LogP contribution in [0.15, 0.2) is 42.5 Å². The first kappa shape index (κ1) is 20.4. The predicted octanol–water partition coefficient (Wildman–Crippen LogP) is 5.02. The van der Waals surface area contributed by atoms with Gasteiger partial charge < -0.3 is 14.5 Å². The number of hydrogen-bond acceptors (Lipinski definition) is 3. The smallest absolute Gasteiger partial charge is 0.127 e. The van der Waals surface area contributed by atoms with Crippen molar-refractivity contribution < 1.29 is 9.13 Å². The average Bonchev–Trinajstić information content (AvgIpc) is 2.98. The number of nitrogens with zero attached hydrogens (tertiary/aromatic N) is 2. The SMILES string of the molecule is CC1c2cc(N3CCOCC3)ccc2C(CCN(C)Cc2ccccc2F)[C@@H]1C. The van der Waals surface area contributed by atoms with Crippen molar-refractivity contribution in [3.63, 3.8) is 0 Å². The monoisotopic (exact) mass is 396 g/mol. The Labute approximate surface area is 174 Å². The van der Waals surface area contributed by atoms with Gasteiger partial charge in [-0.2, -0.15) is 0 Å². The summed E-state index contributed by atoms with van der Waals surface area (Å²) in [6.07, 6.45) is 1.11. The van der Waals surface area contributed by atoms with Gasteiger partial charge in [-0.05, 0) is 67.1 Å². The molecule has 4 heteroatoms. The number of halogens is 1. The molecular weight excluding hydrogens is 363 g/mol. The normalized spacial score (nSPS) is 24.2. The quantitative estimate of drug-likeness (QED) is 0.682. The minimum Gasteiger partial charge on any atom is -0.378 e. The Morgan fingerprint density at radius 2 is 1.83 bits per heavy atom. The minimum atomic E-state index is -0.108. The lowest BCUT2D eigenvalue weighted by Gasteiger charge is -2.29. The highest BCUT2D eigenvalue weighted by Crippen LogP contribution is 2.48. The Morgan fingerprint density at radius 3 is 2.59 bits per heavy atom. The largest absolute Gasteiger partial charge is 0.378 e. The van der Waals surface area contributed by atoms with Gasteiger partial charge in [-0.15, -0.1) is 0 Å². The zero-order valence-electron chi connectivity index (χ0n) is 17.9. The summed E-state index contributed by atoms with van der Waals surface area (Å²) in [4.78, 5) is 4.69. The molecule has 2 unspecified atom stereocenters. The lowest BCUT2D eigenvalue weighted by atomic mass is 9.87. The van der Waals surface area contributed by atoms with Crippen molar-refractivity contribution in [2.24, 2.45) is 5.92 Å². The molecule has 0 saturated carbocycles. The minimum absolute atomic E-state index is 0.108. The van der Waals surface area contributed by atoms with Crippen molar-refractivity contribution >= 4 is 5.69 Å². The highest BCUT2D eigenvalue weighted by atomic mass is 19.1. The van der Waals surface area contributed by atoms with Crippen LogP contribution in [0.3, 0.4) is 0 Å². The van der Waals surface area contributed by atoms with Gasteiger partial charge in [-0.1, -0.05) is 38.1 Å². The Hall–Kier alpha value is -1.91. The molecule has 156 valence electrons. The van der Waals surface area contributed by atoms with Crippen LogP contribution in [0.5, 0.6) is 0 Å². The van der Waals surface area contributed by atoms with Crippen LogP contribution < -0.4 is 4.90 Å². The number of anilines is 1. The molecule has 3 nitrogen and oxygen atoms in total. The first-order chi connectivity index (χ1) is 14.0. The van der Waals surface area contributed by atoms with Gasteiger partial charge in [-0.3, -0.25) is 0 Å². The van der Waals surface area contributed by atoms with E-state index in [2.05, 4.69) is 48.9 Å². The van der Waals surface area contributed by atoms with Crippen LogP contribution in [0.1, 0.15) is 48.8 Å². The van der Waals surface area contributed by atoms with Crippen molar-refractivity contribution in [2.75, 3.05) is 44.8 Å². The molecular formula is C25H33FN2O. The van der Waals surface area contributed by atoms with E-state index in [1.807, 2.05) is 12.1 Å². The van der Waals surface area contributed by atoms with E-state index in [0.29, 0.717) is 24.3 Å². The number of ether oxygens (including phenoxy) is 1. The Kier molecular flexibility index (Phi) is 6.21. The fourth-order valence-electron chi connectivity index (χ4n) is 5.00. The molecule has 0 spiro atoms. The summed E-state index contributed by atoms with van der Waals surface area (Å²) in [5, 5.41) is 0. The lowest BCUT2D eigenvalue weighted by Crippen LogP contribution is -2.36. The van der Waals surface area contributed by atoms with Gasteiger partial charge in [-0.25, -0.2) is 4.39 Å². The van der Waals surface area contributed by atoms with E-state index in [0.717, 1.165) is 44.8 Å². The van der Waals surface area contributed by atoms with Crippen molar-refractivity contribution in [3.8, 4) is 0 Å². The average molecular weight is 397 g/mol. The fraction of sp³-hybridized carbons (Fsp3) is 0.520. The summed E-state index contributed by atoms with van der Waals surface area (Å²) in [6.45, 7) is 9.99.